The van der Waals surface area contributed by atoms with Gasteiger partial charge in [0, 0.05) is 11.1 Å². The summed E-state index contributed by atoms with van der Waals surface area (Å²) in [4.78, 5) is 11.8. The third kappa shape index (κ3) is 4.84. The van der Waals surface area contributed by atoms with Gasteiger partial charge in [-0.2, -0.15) is 0 Å². The Morgan fingerprint density at radius 2 is 2.11 bits per heavy atom. The van der Waals surface area contributed by atoms with Crippen molar-refractivity contribution in [3.63, 3.8) is 0 Å². The van der Waals surface area contributed by atoms with Gasteiger partial charge >= 0.3 is 0 Å². The van der Waals surface area contributed by atoms with E-state index in [1.807, 2.05) is 6.07 Å². The number of carbonyl (C=O) groups is 1. The van der Waals surface area contributed by atoms with Crippen LogP contribution in [0.25, 0.3) is 0 Å². The lowest BCUT2D eigenvalue weighted by Gasteiger charge is -2.22. The molecule has 19 heavy (non-hydrogen) atoms. The van der Waals surface area contributed by atoms with E-state index in [4.69, 9.17) is 16.3 Å². The molecule has 1 aromatic rings. The van der Waals surface area contributed by atoms with Crippen LogP contribution in [0.2, 0.25) is 5.02 Å². The first-order valence-corrected chi connectivity index (χ1v) is 7.98. The molecular formula is C14H17ClINO2. The van der Waals surface area contributed by atoms with Crippen LogP contribution in [-0.4, -0.2) is 18.6 Å². The lowest BCUT2D eigenvalue weighted by atomic mass is 9.95. The lowest BCUT2D eigenvalue weighted by Crippen LogP contribution is -2.39. The average molecular weight is 394 g/mol. The van der Waals surface area contributed by atoms with Crippen molar-refractivity contribution in [1.82, 2.24) is 5.32 Å². The summed E-state index contributed by atoms with van der Waals surface area (Å²) < 4.78 is 6.47. The number of nitrogens with one attached hydrogen (secondary N) is 1. The molecule has 1 amide bonds. The van der Waals surface area contributed by atoms with E-state index < -0.39 is 0 Å². The van der Waals surface area contributed by atoms with Crippen LogP contribution in [0, 0.1) is 3.57 Å². The maximum atomic E-state index is 11.8. The summed E-state index contributed by atoms with van der Waals surface area (Å²) in [7, 11) is 0. The highest BCUT2D eigenvalue weighted by Gasteiger charge is 2.16. The molecule has 0 radical (unpaired) electrons. The highest BCUT2D eigenvalue weighted by molar-refractivity contribution is 14.1. The van der Waals surface area contributed by atoms with E-state index in [0.29, 0.717) is 16.8 Å². The SMILES string of the molecule is O=C(COc1cc(Cl)ccc1I)NC1CCCCC1. The van der Waals surface area contributed by atoms with E-state index >= 15 is 0 Å². The second kappa shape index (κ2) is 7.33. The van der Waals surface area contributed by atoms with Gasteiger partial charge in [0.05, 0.1) is 3.57 Å². The molecule has 0 spiro atoms. The Morgan fingerprint density at radius 3 is 2.84 bits per heavy atom. The number of amides is 1. The lowest BCUT2D eigenvalue weighted by molar-refractivity contribution is -0.124. The first-order valence-electron chi connectivity index (χ1n) is 6.52. The summed E-state index contributed by atoms with van der Waals surface area (Å²) in [6.45, 7) is 0.0485. The number of hydrogen-bond donors (Lipinski definition) is 1. The molecule has 0 bridgehead atoms. The molecule has 0 saturated heterocycles. The molecule has 0 atom stereocenters. The van der Waals surface area contributed by atoms with E-state index in [-0.39, 0.29) is 12.5 Å². The Balaban J connectivity index is 1.81. The zero-order chi connectivity index (χ0) is 13.7. The van der Waals surface area contributed by atoms with Crippen molar-refractivity contribution in [1.29, 1.82) is 0 Å². The molecule has 0 unspecified atom stereocenters. The largest absolute Gasteiger partial charge is 0.483 e. The second-order valence-corrected chi connectivity index (χ2v) is 6.36. The summed E-state index contributed by atoms with van der Waals surface area (Å²) in [5.74, 6) is 0.606. The molecule has 2 rings (SSSR count). The number of halogens is 2. The number of rotatable bonds is 4. The molecule has 0 aliphatic heterocycles. The first kappa shape index (κ1) is 14.9. The van der Waals surface area contributed by atoms with Crippen molar-refractivity contribution in [2.24, 2.45) is 0 Å². The van der Waals surface area contributed by atoms with Crippen LogP contribution in [0.4, 0.5) is 0 Å². The number of carbonyl (C=O) groups excluding carboxylic acids is 1. The van der Waals surface area contributed by atoms with Gasteiger partial charge in [-0.25, -0.2) is 0 Å². The summed E-state index contributed by atoms with van der Waals surface area (Å²) >= 11 is 8.07. The Morgan fingerprint density at radius 1 is 1.37 bits per heavy atom. The molecule has 1 N–H and O–H groups in total. The summed E-state index contributed by atoms with van der Waals surface area (Å²) in [6, 6.07) is 5.73. The molecule has 0 aromatic heterocycles. The fourth-order valence-corrected chi connectivity index (χ4v) is 2.90. The van der Waals surface area contributed by atoms with E-state index in [9.17, 15) is 4.79 Å². The fourth-order valence-electron chi connectivity index (χ4n) is 2.25. The fraction of sp³-hybridized carbons (Fsp3) is 0.500. The number of hydrogen-bond acceptors (Lipinski definition) is 2. The minimum atomic E-state index is -0.0531. The molecule has 0 heterocycles. The van der Waals surface area contributed by atoms with Gasteiger partial charge in [0.2, 0.25) is 0 Å². The van der Waals surface area contributed by atoms with Gasteiger partial charge in [0.15, 0.2) is 6.61 Å². The van der Waals surface area contributed by atoms with E-state index in [1.165, 1.54) is 19.3 Å². The quantitative estimate of drug-likeness (QED) is 0.791. The number of ether oxygens (including phenoxy) is 1. The van der Waals surface area contributed by atoms with Gasteiger partial charge in [0.25, 0.3) is 5.91 Å². The van der Waals surface area contributed by atoms with Crippen molar-refractivity contribution in [3.05, 3.63) is 26.8 Å². The Labute approximate surface area is 132 Å². The third-order valence-corrected chi connectivity index (χ3v) is 4.35. The van der Waals surface area contributed by atoms with Gasteiger partial charge in [-0.05, 0) is 53.6 Å². The van der Waals surface area contributed by atoms with Gasteiger partial charge in [-0.15, -0.1) is 0 Å². The smallest absolute Gasteiger partial charge is 0.258 e. The highest BCUT2D eigenvalue weighted by Crippen LogP contribution is 2.24. The van der Waals surface area contributed by atoms with Crippen LogP contribution < -0.4 is 10.1 Å². The van der Waals surface area contributed by atoms with Crippen molar-refractivity contribution in [2.75, 3.05) is 6.61 Å². The summed E-state index contributed by atoms with van der Waals surface area (Å²) in [6.07, 6.45) is 5.86. The van der Waals surface area contributed by atoms with Crippen LogP contribution >= 0.6 is 34.2 Å². The molecule has 5 heteroatoms. The van der Waals surface area contributed by atoms with Crippen LogP contribution in [0.5, 0.6) is 5.75 Å². The van der Waals surface area contributed by atoms with Crippen molar-refractivity contribution >= 4 is 40.1 Å². The van der Waals surface area contributed by atoms with Crippen LogP contribution in [0.3, 0.4) is 0 Å². The van der Waals surface area contributed by atoms with Crippen molar-refractivity contribution in [3.8, 4) is 5.75 Å². The van der Waals surface area contributed by atoms with Crippen LogP contribution in [0.15, 0.2) is 18.2 Å². The van der Waals surface area contributed by atoms with Gasteiger partial charge in [-0.3, -0.25) is 4.79 Å². The molecule has 3 nitrogen and oxygen atoms in total. The summed E-state index contributed by atoms with van der Waals surface area (Å²) in [5.41, 5.74) is 0. The predicted molar refractivity (Wildman–Crippen MR) is 84.7 cm³/mol. The molecule has 1 fully saturated rings. The van der Waals surface area contributed by atoms with Crippen molar-refractivity contribution < 1.29 is 9.53 Å². The van der Waals surface area contributed by atoms with Crippen LogP contribution in [-0.2, 0) is 4.79 Å². The Bertz CT molecular complexity index is 447. The van der Waals surface area contributed by atoms with Gasteiger partial charge in [0.1, 0.15) is 5.75 Å². The van der Waals surface area contributed by atoms with Gasteiger partial charge in [-0.1, -0.05) is 30.9 Å². The predicted octanol–water partition coefficient (Wildman–Crippen LogP) is 3.77. The minimum absolute atomic E-state index is 0.0485. The van der Waals surface area contributed by atoms with E-state index in [1.54, 1.807) is 12.1 Å². The van der Waals surface area contributed by atoms with Crippen molar-refractivity contribution in [2.45, 2.75) is 38.1 Å². The van der Waals surface area contributed by atoms with Gasteiger partial charge < -0.3 is 10.1 Å². The monoisotopic (exact) mass is 393 g/mol. The topological polar surface area (TPSA) is 38.3 Å². The average Bonchev–Trinajstić information content (AvgIpc) is 2.41. The Hall–Kier alpha value is -0.490. The zero-order valence-electron chi connectivity index (χ0n) is 10.6. The molecule has 1 aliphatic rings. The van der Waals surface area contributed by atoms with E-state index in [0.717, 1.165) is 16.4 Å². The maximum Gasteiger partial charge on any atom is 0.258 e. The van der Waals surface area contributed by atoms with E-state index in [2.05, 4.69) is 27.9 Å². The summed E-state index contributed by atoms with van der Waals surface area (Å²) in [5, 5.41) is 3.64. The minimum Gasteiger partial charge on any atom is -0.483 e. The standard InChI is InChI=1S/C14H17ClINO2/c15-10-6-7-12(16)13(8-10)19-9-14(18)17-11-4-2-1-3-5-11/h6-8,11H,1-5,9H2,(H,17,18). The first-order chi connectivity index (χ1) is 9.15. The Kier molecular flexibility index (Phi) is 5.76. The molecular weight excluding hydrogens is 377 g/mol. The number of benzene rings is 1. The molecule has 1 aliphatic carbocycles. The molecule has 104 valence electrons. The maximum absolute atomic E-state index is 11.8. The second-order valence-electron chi connectivity index (χ2n) is 4.77. The highest BCUT2D eigenvalue weighted by atomic mass is 127. The molecule has 1 saturated carbocycles. The zero-order valence-corrected chi connectivity index (χ0v) is 13.5. The normalized spacial score (nSPS) is 16.1. The third-order valence-electron chi connectivity index (χ3n) is 3.22. The van der Waals surface area contributed by atoms with Crippen LogP contribution in [0.1, 0.15) is 32.1 Å². The molecule has 1 aromatic carbocycles.